The first-order chi connectivity index (χ1) is 18.0. The van der Waals surface area contributed by atoms with Crippen molar-refractivity contribution in [1.82, 2.24) is 10.2 Å². The Hall–Kier alpha value is -3.00. The zero-order chi connectivity index (χ0) is 25.9. The highest BCUT2D eigenvalue weighted by atomic mass is 32.2. The van der Waals surface area contributed by atoms with Crippen molar-refractivity contribution in [2.75, 3.05) is 19.9 Å². The van der Waals surface area contributed by atoms with Gasteiger partial charge in [-0.3, -0.25) is 13.9 Å². The highest BCUT2D eigenvalue weighted by Crippen LogP contribution is 2.44. The fourth-order valence-corrected chi connectivity index (χ4v) is 6.88. The summed E-state index contributed by atoms with van der Waals surface area (Å²) in [7, 11) is 0.559. The van der Waals surface area contributed by atoms with Gasteiger partial charge in [-0.2, -0.15) is 0 Å². The fraction of sp³-hybridized carbons (Fsp3) is 0.367. The van der Waals surface area contributed by atoms with Gasteiger partial charge >= 0.3 is 5.97 Å². The molecule has 3 saturated heterocycles. The third-order valence-electron chi connectivity index (χ3n) is 8.00. The number of benzene rings is 3. The Labute approximate surface area is 221 Å². The van der Waals surface area contributed by atoms with E-state index in [9.17, 15) is 14.1 Å². The fourth-order valence-electron chi connectivity index (χ4n) is 6.32. The first-order valence-corrected chi connectivity index (χ1v) is 14.4. The molecule has 3 aliphatic rings. The van der Waals surface area contributed by atoms with E-state index in [-0.39, 0.29) is 23.9 Å². The van der Waals surface area contributed by atoms with Crippen LogP contribution in [0.5, 0.6) is 5.75 Å². The summed E-state index contributed by atoms with van der Waals surface area (Å²) in [5.74, 6) is 0.264. The molecular formula is C30H34N2O4S. The molecule has 6 atom stereocenters. The predicted octanol–water partition coefficient (Wildman–Crippen LogP) is 4.27. The molecule has 194 valence electrons. The monoisotopic (exact) mass is 518 g/mol. The number of hydrogen-bond acceptors (Lipinski definition) is 5. The maximum atomic E-state index is 12.3. The number of ether oxygens (including phenoxy) is 1. The van der Waals surface area contributed by atoms with Crippen LogP contribution in [0.2, 0.25) is 0 Å². The number of piperidine rings is 3. The smallest absolute Gasteiger partial charge is 0.320 e. The first-order valence-electron chi connectivity index (χ1n) is 12.8. The minimum absolute atomic E-state index is 0.0150. The van der Waals surface area contributed by atoms with Gasteiger partial charge in [0.05, 0.1) is 7.11 Å². The number of carboxylic acid groups (broad SMARTS) is 1. The Balaban J connectivity index is 1.55. The van der Waals surface area contributed by atoms with Crippen LogP contribution < -0.4 is 10.1 Å². The first kappa shape index (κ1) is 25.6. The lowest BCUT2D eigenvalue weighted by atomic mass is 9.68. The number of carboxylic acids is 1. The van der Waals surface area contributed by atoms with Crippen LogP contribution in [0.3, 0.4) is 0 Å². The molecule has 0 aromatic heterocycles. The molecule has 6 nitrogen and oxygen atoms in total. The van der Waals surface area contributed by atoms with Crippen LogP contribution in [0.15, 0.2) is 83.8 Å². The number of hydrogen-bond donors (Lipinski definition) is 2. The molecule has 6 rings (SSSR count). The summed E-state index contributed by atoms with van der Waals surface area (Å²) < 4.78 is 17.8. The molecule has 3 aromatic carbocycles. The Bertz CT molecular complexity index is 1210. The number of methoxy groups -OCH3 is 1. The molecule has 0 saturated carbocycles. The van der Waals surface area contributed by atoms with Crippen molar-refractivity contribution in [2.24, 2.45) is 5.92 Å². The molecule has 0 amide bonds. The normalized spacial score (nSPS) is 25.6. The van der Waals surface area contributed by atoms with Crippen LogP contribution in [0.1, 0.15) is 35.4 Å². The van der Waals surface area contributed by atoms with Gasteiger partial charge in [0.25, 0.3) is 0 Å². The van der Waals surface area contributed by atoms with Crippen molar-refractivity contribution in [3.63, 3.8) is 0 Å². The van der Waals surface area contributed by atoms with E-state index in [2.05, 4.69) is 58.7 Å². The molecule has 0 aliphatic carbocycles. The Morgan fingerprint density at radius 1 is 1.08 bits per heavy atom. The molecule has 3 fully saturated rings. The molecule has 3 heterocycles. The van der Waals surface area contributed by atoms with Gasteiger partial charge in [-0.05, 0) is 54.6 Å². The van der Waals surface area contributed by atoms with E-state index in [4.69, 9.17) is 4.74 Å². The SMILES string of the molecule is COc1ccc(S(C)=O)cc1CNC1C2CCN(C(C(=O)O)C2)C1C(c1ccccc1)c1ccccc1. The molecule has 6 unspecified atom stereocenters. The molecule has 2 bridgehead atoms. The van der Waals surface area contributed by atoms with Gasteiger partial charge in [0.15, 0.2) is 0 Å². The number of aliphatic carboxylic acids is 1. The molecule has 37 heavy (non-hydrogen) atoms. The summed E-state index contributed by atoms with van der Waals surface area (Å²) in [4.78, 5) is 15.3. The molecule has 7 heteroatoms. The summed E-state index contributed by atoms with van der Waals surface area (Å²) >= 11 is 0. The van der Waals surface area contributed by atoms with Crippen molar-refractivity contribution < 1.29 is 18.8 Å². The number of carbonyl (C=O) groups is 1. The molecule has 2 N–H and O–H groups in total. The minimum atomic E-state index is -1.09. The molecule has 0 spiro atoms. The van der Waals surface area contributed by atoms with Gasteiger partial charge < -0.3 is 15.2 Å². The van der Waals surface area contributed by atoms with Crippen LogP contribution in [0.4, 0.5) is 0 Å². The second-order valence-electron chi connectivity index (χ2n) is 10.0. The largest absolute Gasteiger partial charge is 0.496 e. The standard InChI is InChI=1S/C30H34N2O4S/c1-36-26-14-13-24(37(2)35)17-23(26)19-31-28-22-15-16-32(25(18-22)30(33)34)29(28)27(20-9-5-3-6-10-20)21-11-7-4-8-12-21/h3-14,17,22,25,27-29,31H,15-16,18-19H2,1-2H3,(H,33,34). The van der Waals surface area contributed by atoms with Gasteiger partial charge in [0.1, 0.15) is 11.8 Å². The quantitative estimate of drug-likeness (QED) is 0.441. The highest BCUT2D eigenvalue weighted by Gasteiger charge is 2.52. The van der Waals surface area contributed by atoms with Crippen LogP contribution >= 0.6 is 0 Å². The average molecular weight is 519 g/mol. The van der Waals surface area contributed by atoms with Gasteiger partial charge in [-0.15, -0.1) is 0 Å². The van der Waals surface area contributed by atoms with E-state index >= 15 is 0 Å². The summed E-state index contributed by atoms with van der Waals surface area (Å²) in [6.45, 7) is 1.32. The second-order valence-corrected chi connectivity index (χ2v) is 11.4. The van der Waals surface area contributed by atoms with Gasteiger partial charge in [0, 0.05) is 52.1 Å². The van der Waals surface area contributed by atoms with E-state index < -0.39 is 22.8 Å². The van der Waals surface area contributed by atoms with E-state index in [1.807, 2.05) is 30.3 Å². The zero-order valence-electron chi connectivity index (χ0n) is 21.2. The topological polar surface area (TPSA) is 78.9 Å². The van der Waals surface area contributed by atoms with Crippen LogP contribution in [-0.4, -0.2) is 58.2 Å². The average Bonchev–Trinajstić information content (AvgIpc) is 2.93. The predicted molar refractivity (Wildman–Crippen MR) is 145 cm³/mol. The third-order valence-corrected chi connectivity index (χ3v) is 8.92. The molecule has 3 aliphatic heterocycles. The van der Waals surface area contributed by atoms with Crippen molar-refractivity contribution in [1.29, 1.82) is 0 Å². The van der Waals surface area contributed by atoms with E-state index in [1.54, 1.807) is 13.4 Å². The van der Waals surface area contributed by atoms with Crippen LogP contribution in [0.25, 0.3) is 0 Å². The second kappa shape index (κ2) is 11.2. The number of fused-ring (bicyclic) bond motifs is 3. The number of rotatable bonds is 9. The van der Waals surface area contributed by atoms with E-state index in [0.717, 1.165) is 29.2 Å². The lowest BCUT2D eigenvalue weighted by Gasteiger charge is -2.56. The maximum absolute atomic E-state index is 12.3. The zero-order valence-corrected chi connectivity index (χ0v) is 22.1. The van der Waals surface area contributed by atoms with Crippen LogP contribution in [-0.2, 0) is 22.1 Å². The number of nitrogens with zero attached hydrogens (tertiary/aromatic N) is 1. The maximum Gasteiger partial charge on any atom is 0.320 e. The van der Waals surface area contributed by atoms with Crippen LogP contribution in [0, 0.1) is 5.92 Å². The number of nitrogens with one attached hydrogen (secondary N) is 1. The molecular weight excluding hydrogens is 484 g/mol. The van der Waals surface area contributed by atoms with Gasteiger partial charge in [-0.25, -0.2) is 0 Å². The van der Waals surface area contributed by atoms with E-state index in [1.165, 1.54) is 11.1 Å². The summed E-state index contributed by atoms with van der Waals surface area (Å²) in [5, 5.41) is 14.0. The lowest BCUT2D eigenvalue weighted by Crippen LogP contribution is -2.69. The summed E-state index contributed by atoms with van der Waals surface area (Å²) in [6, 6.07) is 26.1. The summed E-state index contributed by atoms with van der Waals surface area (Å²) in [6.07, 6.45) is 3.28. The Morgan fingerprint density at radius 2 is 1.73 bits per heavy atom. The van der Waals surface area contributed by atoms with Crippen molar-refractivity contribution in [2.45, 2.75) is 48.3 Å². The third kappa shape index (κ3) is 5.21. The molecule has 0 radical (unpaired) electrons. The van der Waals surface area contributed by atoms with Crippen molar-refractivity contribution >= 4 is 16.8 Å². The lowest BCUT2D eigenvalue weighted by molar-refractivity contribution is -0.152. The summed E-state index contributed by atoms with van der Waals surface area (Å²) in [5.41, 5.74) is 3.32. The van der Waals surface area contributed by atoms with Crippen molar-refractivity contribution in [3.8, 4) is 5.75 Å². The van der Waals surface area contributed by atoms with Gasteiger partial charge in [0.2, 0.25) is 0 Å². The Kier molecular flexibility index (Phi) is 7.74. The molecule has 3 aromatic rings. The van der Waals surface area contributed by atoms with E-state index in [0.29, 0.717) is 13.0 Å². The minimum Gasteiger partial charge on any atom is -0.496 e. The highest BCUT2D eigenvalue weighted by molar-refractivity contribution is 7.84. The van der Waals surface area contributed by atoms with Crippen molar-refractivity contribution in [3.05, 3.63) is 95.6 Å². The Morgan fingerprint density at radius 3 is 2.30 bits per heavy atom. The van der Waals surface area contributed by atoms with Gasteiger partial charge in [-0.1, -0.05) is 60.7 Å².